The average Bonchev–Trinajstić information content (AvgIpc) is 3.01. The van der Waals surface area contributed by atoms with Crippen LogP contribution in [0.2, 0.25) is 0 Å². The highest BCUT2D eigenvalue weighted by Gasteiger charge is 2.42. The predicted octanol–water partition coefficient (Wildman–Crippen LogP) is 1.57. The first-order valence-corrected chi connectivity index (χ1v) is 7.20. The van der Waals surface area contributed by atoms with Crippen LogP contribution in [0.25, 0.3) is 10.9 Å². The topological polar surface area (TPSA) is 53.5 Å². The first-order valence-electron chi connectivity index (χ1n) is 7.20. The Hall–Kier alpha value is -2.43. The number of hydrogen-bond donors (Lipinski definition) is 0. The molecule has 0 N–H and O–H groups in total. The standard InChI is InChI=1S/C16H15N3O2/c20-15-10-19(16(21)14-7-3-9-18(14)15)13-6-1-5-12-11(13)4-2-8-17-12/h1-2,4-6,8,14H,3,7,9-10H2. The molecule has 2 aliphatic rings. The van der Waals surface area contributed by atoms with Crippen molar-refractivity contribution in [3.8, 4) is 0 Å². The lowest BCUT2D eigenvalue weighted by Gasteiger charge is -2.36. The maximum Gasteiger partial charge on any atom is 0.250 e. The number of benzene rings is 1. The van der Waals surface area contributed by atoms with Crippen molar-refractivity contribution in [1.82, 2.24) is 9.88 Å². The van der Waals surface area contributed by atoms with Crippen molar-refractivity contribution < 1.29 is 9.59 Å². The van der Waals surface area contributed by atoms with E-state index in [0.717, 1.165) is 29.4 Å². The number of rotatable bonds is 1. The van der Waals surface area contributed by atoms with E-state index in [1.807, 2.05) is 30.3 Å². The van der Waals surface area contributed by atoms with Gasteiger partial charge in [-0.25, -0.2) is 0 Å². The number of carbonyl (C=O) groups excluding carboxylic acids is 2. The number of aromatic nitrogens is 1. The second-order valence-electron chi connectivity index (χ2n) is 5.52. The minimum atomic E-state index is -0.279. The lowest BCUT2D eigenvalue weighted by atomic mass is 10.1. The first kappa shape index (κ1) is 12.3. The summed E-state index contributed by atoms with van der Waals surface area (Å²) in [4.78, 5) is 32.6. The normalized spacial score (nSPS) is 22.0. The van der Waals surface area contributed by atoms with Crippen LogP contribution in [0.4, 0.5) is 5.69 Å². The molecule has 0 bridgehead atoms. The molecule has 106 valence electrons. The van der Waals surface area contributed by atoms with Gasteiger partial charge >= 0.3 is 0 Å². The van der Waals surface area contributed by atoms with Crippen LogP contribution in [0, 0.1) is 0 Å². The lowest BCUT2D eigenvalue weighted by molar-refractivity contribution is -0.140. The Balaban J connectivity index is 1.81. The molecule has 1 aromatic heterocycles. The summed E-state index contributed by atoms with van der Waals surface area (Å²) < 4.78 is 0. The van der Waals surface area contributed by atoms with E-state index in [-0.39, 0.29) is 24.4 Å². The second kappa shape index (κ2) is 4.55. The molecule has 0 spiro atoms. The van der Waals surface area contributed by atoms with E-state index in [9.17, 15) is 9.59 Å². The van der Waals surface area contributed by atoms with E-state index in [4.69, 9.17) is 0 Å². The number of anilines is 1. The van der Waals surface area contributed by atoms with Crippen LogP contribution in [-0.2, 0) is 9.59 Å². The molecule has 3 heterocycles. The third-order valence-electron chi connectivity index (χ3n) is 4.33. The van der Waals surface area contributed by atoms with E-state index < -0.39 is 0 Å². The van der Waals surface area contributed by atoms with Gasteiger partial charge in [0.1, 0.15) is 12.6 Å². The Morgan fingerprint density at radius 1 is 1.14 bits per heavy atom. The minimum absolute atomic E-state index is 0.0310. The number of nitrogens with zero attached hydrogens (tertiary/aromatic N) is 3. The fourth-order valence-corrected chi connectivity index (χ4v) is 3.33. The van der Waals surface area contributed by atoms with Crippen LogP contribution in [0.15, 0.2) is 36.5 Å². The summed E-state index contributed by atoms with van der Waals surface area (Å²) in [5.74, 6) is 0.0708. The Morgan fingerprint density at radius 2 is 2.05 bits per heavy atom. The molecule has 2 fully saturated rings. The second-order valence-corrected chi connectivity index (χ2v) is 5.52. The van der Waals surface area contributed by atoms with Gasteiger partial charge in [-0.15, -0.1) is 0 Å². The predicted molar refractivity (Wildman–Crippen MR) is 78.8 cm³/mol. The van der Waals surface area contributed by atoms with Gasteiger partial charge in [-0.2, -0.15) is 0 Å². The van der Waals surface area contributed by atoms with Gasteiger partial charge in [-0.05, 0) is 37.1 Å². The molecule has 2 saturated heterocycles. The van der Waals surface area contributed by atoms with Crippen LogP contribution < -0.4 is 4.90 Å². The van der Waals surface area contributed by atoms with Crippen LogP contribution in [-0.4, -0.2) is 40.8 Å². The van der Waals surface area contributed by atoms with Crippen LogP contribution in [0.5, 0.6) is 0 Å². The third kappa shape index (κ3) is 1.81. The molecule has 1 aromatic carbocycles. The summed E-state index contributed by atoms with van der Waals surface area (Å²) in [6.45, 7) is 0.837. The molecule has 4 rings (SSSR count). The van der Waals surface area contributed by atoms with Gasteiger partial charge in [0.25, 0.3) is 0 Å². The van der Waals surface area contributed by atoms with Gasteiger partial charge in [0.2, 0.25) is 11.8 Å². The van der Waals surface area contributed by atoms with E-state index in [1.165, 1.54) is 0 Å². The van der Waals surface area contributed by atoms with Crippen LogP contribution >= 0.6 is 0 Å². The number of fused-ring (bicyclic) bond motifs is 2. The molecular formula is C16H15N3O2. The molecule has 0 saturated carbocycles. The van der Waals surface area contributed by atoms with Crippen molar-refractivity contribution in [2.75, 3.05) is 18.0 Å². The highest BCUT2D eigenvalue weighted by molar-refractivity contribution is 6.11. The zero-order valence-electron chi connectivity index (χ0n) is 11.5. The zero-order chi connectivity index (χ0) is 14.4. The minimum Gasteiger partial charge on any atom is -0.329 e. The summed E-state index contributed by atoms with van der Waals surface area (Å²) in [5.41, 5.74) is 1.62. The van der Waals surface area contributed by atoms with E-state index in [0.29, 0.717) is 6.54 Å². The Kier molecular flexibility index (Phi) is 2.67. The van der Waals surface area contributed by atoms with Crippen LogP contribution in [0.1, 0.15) is 12.8 Å². The highest BCUT2D eigenvalue weighted by Crippen LogP contribution is 2.31. The molecule has 2 amide bonds. The fourth-order valence-electron chi connectivity index (χ4n) is 3.33. The van der Waals surface area contributed by atoms with Gasteiger partial charge in [0.05, 0.1) is 11.2 Å². The summed E-state index contributed by atoms with van der Waals surface area (Å²) in [6.07, 6.45) is 3.41. The van der Waals surface area contributed by atoms with Crippen molar-refractivity contribution in [2.24, 2.45) is 0 Å². The molecule has 5 nitrogen and oxygen atoms in total. The van der Waals surface area contributed by atoms with Crippen molar-refractivity contribution in [3.63, 3.8) is 0 Å². The SMILES string of the molecule is O=C1C2CCCN2C(=O)CN1c1cccc2ncccc12. The van der Waals surface area contributed by atoms with E-state index >= 15 is 0 Å². The molecule has 1 unspecified atom stereocenters. The number of hydrogen-bond acceptors (Lipinski definition) is 3. The molecule has 0 aliphatic carbocycles. The first-order chi connectivity index (χ1) is 10.3. The van der Waals surface area contributed by atoms with Crippen LogP contribution in [0.3, 0.4) is 0 Å². The number of piperazine rings is 1. The summed E-state index contributed by atoms with van der Waals surface area (Å²) in [5, 5.41) is 0.910. The molecule has 2 aromatic rings. The number of amides is 2. The summed E-state index contributed by atoms with van der Waals surface area (Å²) >= 11 is 0. The maximum atomic E-state index is 12.7. The summed E-state index contributed by atoms with van der Waals surface area (Å²) in [7, 11) is 0. The highest BCUT2D eigenvalue weighted by atomic mass is 16.2. The van der Waals surface area contributed by atoms with E-state index in [1.54, 1.807) is 16.0 Å². The summed E-state index contributed by atoms with van der Waals surface area (Å²) in [6, 6.07) is 9.19. The smallest absolute Gasteiger partial charge is 0.250 e. The van der Waals surface area contributed by atoms with Gasteiger partial charge < -0.3 is 9.80 Å². The van der Waals surface area contributed by atoms with Crippen molar-refractivity contribution in [3.05, 3.63) is 36.5 Å². The fraction of sp³-hybridized carbons (Fsp3) is 0.312. The third-order valence-corrected chi connectivity index (χ3v) is 4.33. The van der Waals surface area contributed by atoms with E-state index in [2.05, 4.69) is 4.98 Å². The molecule has 2 aliphatic heterocycles. The molecule has 1 atom stereocenters. The quantitative estimate of drug-likeness (QED) is 0.797. The Morgan fingerprint density at radius 3 is 2.95 bits per heavy atom. The van der Waals surface area contributed by atoms with Crippen molar-refractivity contribution >= 4 is 28.4 Å². The molecule has 0 radical (unpaired) electrons. The Labute approximate surface area is 122 Å². The van der Waals surface area contributed by atoms with Crippen molar-refractivity contribution in [2.45, 2.75) is 18.9 Å². The lowest BCUT2D eigenvalue weighted by Crippen LogP contribution is -2.57. The number of carbonyl (C=O) groups is 2. The van der Waals surface area contributed by atoms with Gasteiger partial charge in [-0.1, -0.05) is 6.07 Å². The maximum absolute atomic E-state index is 12.7. The Bertz CT molecular complexity index is 738. The average molecular weight is 281 g/mol. The van der Waals surface area contributed by atoms with Gasteiger partial charge in [0, 0.05) is 18.1 Å². The zero-order valence-corrected chi connectivity index (χ0v) is 11.5. The van der Waals surface area contributed by atoms with Gasteiger partial charge in [0.15, 0.2) is 0 Å². The molecule has 5 heteroatoms. The molecule has 21 heavy (non-hydrogen) atoms. The number of pyridine rings is 1. The monoisotopic (exact) mass is 281 g/mol. The van der Waals surface area contributed by atoms with Crippen molar-refractivity contribution in [1.29, 1.82) is 0 Å². The van der Waals surface area contributed by atoms with Gasteiger partial charge in [-0.3, -0.25) is 14.6 Å². The largest absolute Gasteiger partial charge is 0.329 e. The molecular weight excluding hydrogens is 266 g/mol.